The van der Waals surface area contributed by atoms with Gasteiger partial charge in [0.05, 0.1) is 0 Å². The van der Waals surface area contributed by atoms with Gasteiger partial charge in [0.1, 0.15) is 0 Å². The van der Waals surface area contributed by atoms with E-state index in [1.165, 1.54) is 16.6 Å². The molecule has 122 valence electrons. The predicted octanol–water partition coefficient (Wildman–Crippen LogP) is 4.95. The van der Waals surface area contributed by atoms with Gasteiger partial charge in [-0.2, -0.15) is 0 Å². The van der Waals surface area contributed by atoms with Gasteiger partial charge in [-0.1, -0.05) is 34.1 Å². The molecule has 0 radical (unpaired) electrons. The number of hydrogen-bond donors (Lipinski definition) is 1. The summed E-state index contributed by atoms with van der Waals surface area (Å²) in [5.74, 6) is 0.643. The second-order valence-corrected chi connectivity index (χ2v) is 7.30. The first-order chi connectivity index (χ1) is 11.7. The van der Waals surface area contributed by atoms with Gasteiger partial charge in [0.2, 0.25) is 0 Å². The third-order valence-corrected chi connectivity index (χ3v) is 5.39. The molecule has 0 spiro atoms. The second kappa shape index (κ2) is 6.44. The van der Waals surface area contributed by atoms with Crippen LogP contribution in [0, 0.1) is 0 Å². The van der Waals surface area contributed by atoms with Crippen molar-refractivity contribution in [3.05, 3.63) is 70.3 Å². The van der Waals surface area contributed by atoms with E-state index in [-0.39, 0.29) is 5.91 Å². The molecule has 0 unspecified atom stereocenters. The van der Waals surface area contributed by atoms with Crippen LogP contribution in [0.1, 0.15) is 34.8 Å². The van der Waals surface area contributed by atoms with Crippen molar-refractivity contribution in [1.82, 2.24) is 9.88 Å². The Morgan fingerprint density at radius 2 is 1.75 bits per heavy atom. The Morgan fingerprint density at radius 1 is 1.04 bits per heavy atom. The van der Waals surface area contributed by atoms with E-state index in [2.05, 4.69) is 51.2 Å². The van der Waals surface area contributed by atoms with Gasteiger partial charge >= 0.3 is 0 Å². The summed E-state index contributed by atoms with van der Waals surface area (Å²) in [6.45, 7) is 1.63. The number of likely N-dealkylation sites (tertiary alicyclic amines) is 1. The van der Waals surface area contributed by atoms with E-state index in [1.807, 2.05) is 29.2 Å². The monoisotopic (exact) mass is 382 g/mol. The standard InChI is InChI=1S/C20H19BrN2O/c21-17-7-5-15(6-8-17)20(24)23-11-9-14(10-12-23)19-13-16-3-1-2-4-18(16)22-19/h1-8,13-14,22H,9-12H2. The summed E-state index contributed by atoms with van der Waals surface area (Å²) in [5.41, 5.74) is 3.26. The van der Waals surface area contributed by atoms with Crippen LogP contribution < -0.4 is 0 Å². The molecule has 1 saturated heterocycles. The van der Waals surface area contributed by atoms with E-state index in [1.54, 1.807) is 0 Å². The molecule has 1 aromatic heterocycles. The Hall–Kier alpha value is -2.07. The number of rotatable bonds is 2. The molecule has 4 rings (SSSR count). The molecular weight excluding hydrogens is 364 g/mol. The number of piperidine rings is 1. The fourth-order valence-corrected chi connectivity index (χ4v) is 3.75. The van der Waals surface area contributed by atoms with Crippen molar-refractivity contribution in [3.63, 3.8) is 0 Å². The topological polar surface area (TPSA) is 36.1 Å². The highest BCUT2D eigenvalue weighted by atomic mass is 79.9. The highest BCUT2D eigenvalue weighted by Crippen LogP contribution is 2.30. The number of amides is 1. The Labute approximate surface area is 149 Å². The van der Waals surface area contributed by atoms with Crippen molar-refractivity contribution in [3.8, 4) is 0 Å². The number of fused-ring (bicyclic) bond motifs is 1. The minimum Gasteiger partial charge on any atom is -0.358 e. The first-order valence-corrected chi connectivity index (χ1v) is 9.12. The maximum absolute atomic E-state index is 12.6. The molecular formula is C20H19BrN2O. The van der Waals surface area contributed by atoms with Crippen LogP contribution in [-0.2, 0) is 0 Å². The molecule has 24 heavy (non-hydrogen) atoms. The van der Waals surface area contributed by atoms with Gasteiger partial charge in [0.15, 0.2) is 0 Å². The van der Waals surface area contributed by atoms with Gasteiger partial charge in [-0.25, -0.2) is 0 Å². The zero-order valence-corrected chi connectivity index (χ0v) is 14.9. The molecule has 0 aliphatic carbocycles. The van der Waals surface area contributed by atoms with E-state index >= 15 is 0 Å². The third-order valence-electron chi connectivity index (χ3n) is 4.86. The molecule has 1 fully saturated rings. The van der Waals surface area contributed by atoms with E-state index in [0.717, 1.165) is 36.0 Å². The lowest BCUT2D eigenvalue weighted by molar-refractivity contribution is 0.0712. The molecule has 2 heterocycles. The lowest BCUT2D eigenvalue weighted by Gasteiger charge is -2.31. The van der Waals surface area contributed by atoms with Crippen LogP contribution >= 0.6 is 15.9 Å². The highest BCUT2D eigenvalue weighted by Gasteiger charge is 2.25. The minimum absolute atomic E-state index is 0.137. The fourth-order valence-electron chi connectivity index (χ4n) is 3.48. The van der Waals surface area contributed by atoms with Crippen molar-refractivity contribution < 1.29 is 4.79 Å². The third kappa shape index (κ3) is 2.98. The minimum atomic E-state index is 0.137. The van der Waals surface area contributed by atoms with Crippen LogP contribution in [0.4, 0.5) is 0 Å². The number of benzene rings is 2. The average molecular weight is 383 g/mol. The number of hydrogen-bond acceptors (Lipinski definition) is 1. The number of H-pyrrole nitrogens is 1. The van der Waals surface area contributed by atoms with Gasteiger partial charge in [-0.15, -0.1) is 0 Å². The molecule has 1 amide bonds. The van der Waals surface area contributed by atoms with E-state index in [9.17, 15) is 4.79 Å². The van der Waals surface area contributed by atoms with Crippen molar-refractivity contribution in [2.45, 2.75) is 18.8 Å². The largest absolute Gasteiger partial charge is 0.358 e. The number of nitrogens with zero attached hydrogens (tertiary/aromatic N) is 1. The first-order valence-electron chi connectivity index (χ1n) is 8.33. The summed E-state index contributed by atoms with van der Waals surface area (Å²) < 4.78 is 0.997. The molecule has 0 bridgehead atoms. The summed E-state index contributed by atoms with van der Waals surface area (Å²) in [5, 5.41) is 1.26. The van der Waals surface area contributed by atoms with Crippen molar-refractivity contribution in [1.29, 1.82) is 0 Å². The number of carbonyl (C=O) groups is 1. The number of para-hydroxylation sites is 1. The Kier molecular flexibility index (Phi) is 4.15. The summed E-state index contributed by atoms with van der Waals surface area (Å²) in [7, 11) is 0. The lowest BCUT2D eigenvalue weighted by Crippen LogP contribution is -2.37. The molecule has 1 aliphatic rings. The van der Waals surface area contributed by atoms with Crippen LogP contribution in [0.15, 0.2) is 59.1 Å². The number of carbonyl (C=O) groups excluding carboxylic acids is 1. The predicted molar refractivity (Wildman–Crippen MR) is 100 cm³/mol. The molecule has 1 aliphatic heterocycles. The Morgan fingerprint density at radius 3 is 2.46 bits per heavy atom. The van der Waals surface area contributed by atoms with Gasteiger partial charge < -0.3 is 9.88 Å². The normalized spacial score (nSPS) is 15.8. The smallest absolute Gasteiger partial charge is 0.253 e. The maximum atomic E-state index is 12.6. The van der Waals surface area contributed by atoms with Crippen molar-refractivity contribution >= 4 is 32.7 Å². The van der Waals surface area contributed by atoms with Gasteiger partial charge in [-0.05, 0) is 54.6 Å². The lowest BCUT2D eigenvalue weighted by atomic mass is 9.93. The molecule has 0 atom stereocenters. The van der Waals surface area contributed by atoms with Crippen LogP contribution in [0.2, 0.25) is 0 Å². The van der Waals surface area contributed by atoms with Gasteiger partial charge in [0.25, 0.3) is 5.91 Å². The van der Waals surface area contributed by atoms with Crippen LogP contribution in [0.3, 0.4) is 0 Å². The quantitative estimate of drug-likeness (QED) is 0.668. The number of aromatic amines is 1. The van der Waals surface area contributed by atoms with E-state index < -0.39 is 0 Å². The summed E-state index contributed by atoms with van der Waals surface area (Å²) in [6, 6.07) is 18.3. The van der Waals surface area contributed by atoms with Crippen molar-refractivity contribution in [2.75, 3.05) is 13.1 Å². The Balaban J connectivity index is 1.44. The van der Waals surface area contributed by atoms with Crippen LogP contribution in [0.5, 0.6) is 0 Å². The maximum Gasteiger partial charge on any atom is 0.253 e. The van der Waals surface area contributed by atoms with Crippen LogP contribution in [-0.4, -0.2) is 28.9 Å². The zero-order valence-electron chi connectivity index (χ0n) is 13.3. The number of aromatic nitrogens is 1. The number of halogens is 1. The van der Waals surface area contributed by atoms with E-state index in [4.69, 9.17) is 0 Å². The molecule has 3 aromatic rings. The fraction of sp³-hybridized carbons (Fsp3) is 0.250. The molecule has 3 nitrogen and oxygen atoms in total. The van der Waals surface area contributed by atoms with E-state index in [0.29, 0.717) is 5.92 Å². The van der Waals surface area contributed by atoms with Crippen LogP contribution in [0.25, 0.3) is 10.9 Å². The molecule has 1 N–H and O–H groups in total. The molecule has 0 saturated carbocycles. The average Bonchev–Trinajstić information content (AvgIpc) is 3.06. The van der Waals surface area contributed by atoms with Crippen molar-refractivity contribution in [2.24, 2.45) is 0 Å². The second-order valence-electron chi connectivity index (χ2n) is 6.39. The summed E-state index contributed by atoms with van der Waals surface area (Å²) in [4.78, 5) is 18.1. The first kappa shape index (κ1) is 15.5. The summed E-state index contributed by atoms with van der Waals surface area (Å²) >= 11 is 3.41. The highest BCUT2D eigenvalue weighted by molar-refractivity contribution is 9.10. The zero-order chi connectivity index (χ0) is 16.5. The van der Waals surface area contributed by atoms with Gasteiger partial charge in [-0.3, -0.25) is 4.79 Å². The Bertz CT molecular complexity index is 828. The van der Waals surface area contributed by atoms with Gasteiger partial charge in [0, 0.05) is 40.3 Å². The molecule has 4 heteroatoms. The SMILES string of the molecule is O=C(c1ccc(Br)cc1)N1CCC(c2cc3ccccc3[nH]2)CC1. The molecule has 2 aromatic carbocycles. The number of nitrogens with one attached hydrogen (secondary N) is 1. The summed E-state index contributed by atoms with van der Waals surface area (Å²) in [6.07, 6.45) is 2.02.